The molecule has 0 fully saturated rings. The van der Waals surface area contributed by atoms with E-state index in [2.05, 4.69) is 15.9 Å². The van der Waals surface area contributed by atoms with Gasteiger partial charge in [0.15, 0.2) is 0 Å². The van der Waals surface area contributed by atoms with Gasteiger partial charge in [0.05, 0.1) is 4.47 Å². The Labute approximate surface area is 124 Å². The fourth-order valence-corrected chi connectivity index (χ4v) is 2.30. The van der Waals surface area contributed by atoms with Crippen LogP contribution in [0.5, 0.6) is 5.75 Å². The van der Waals surface area contributed by atoms with Crippen molar-refractivity contribution in [3.05, 3.63) is 63.3 Å². The van der Waals surface area contributed by atoms with Crippen LogP contribution in [0.25, 0.3) is 0 Å². The zero-order chi connectivity index (χ0) is 13.8. The average molecular weight is 345 g/mol. The van der Waals surface area contributed by atoms with Crippen molar-refractivity contribution in [3.63, 3.8) is 0 Å². The van der Waals surface area contributed by atoms with Gasteiger partial charge in [-0.15, -0.1) is 0 Å². The lowest BCUT2D eigenvalue weighted by Gasteiger charge is -2.19. The number of benzene rings is 2. The number of ether oxygens (including phenoxy) is 1. The van der Waals surface area contributed by atoms with E-state index in [1.165, 1.54) is 6.07 Å². The summed E-state index contributed by atoms with van der Waals surface area (Å²) in [6.45, 7) is 0.277. The summed E-state index contributed by atoms with van der Waals surface area (Å²) < 4.78 is 19.3. The Balaban J connectivity index is 2.24. The highest BCUT2D eigenvalue weighted by atomic mass is 79.9. The van der Waals surface area contributed by atoms with Crippen LogP contribution in [0.15, 0.2) is 46.9 Å². The number of halogens is 3. The van der Waals surface area contributed by atoms with E-state index in [4.69, 9.17) is 22.1 Å². The van der Waals surface area contributed by atoms with E-state index in [1.54, 1.807) is 18.2 Å². The van der Waals surface area contributed by atoms with Gasteiger partial charge in [-0.2, -0.15) is 0 Å². The minimum absolute atomic E-state index is 0.277. The van der Waals surface area contributed by atoms with E-state index >= 15 is 0 Å². The molecule has 2 nitrogen and oxygen atoms in total. The summed E-state index contributed by atoms with van der Waals surface area (Å²) in [7, 11) is 0. The van der Waals surface area contributed by atoms with Crippen molar-refractivity contribution >= 4 is 27.5 Å². The second-order valence-corrected chi connectivity index (χ2v) is 5.20. The lowest BCUT2D eigenvalue weighted by atomic mass is 10.1. The molecule has 0 aromatic heterocycles. The zero-order valence-corrected chi connectivity index (χ0v) is 12.3. The molecule has 1 unspecified atom stereocenters. The third-order valence-corrected chi connectivity index (χ3v) is 3.59. The lowest BCUT2D eigenvalue weighted by molar-refractivity contribution is 0.214. The van der Waals surface area contributed by atoms with Crippen LogP contribution in [0.3, 0.4) is 0 Å². The van der Waals surface area contributed by atoms with Crippen molar-refractivity contribution < 1.29 is 9.13 Å². The maximum absolute atomic E-state index is 13.2. The van der Waals surface area contributed by atoms with Gasteiger partial charge in [-0.3, -0.25) is 0 Å². The first-order valence-electron chi connectivity index (χ1n) is 5.68. The maximum Gasteiger partial charge on any atom is 0.137 e. The van der Waals surface area contributed by atoms with E-state index in [9.17, 15) is 4.39 Å². The van der Waals surface area contributed by atoms with Crippen LogP contribution in [0.2, 0.25) is 5.02 Å². The molecule has 0 radical (unpaired) electrons. The van der Waals surface area contributed by atoms with Crippen LogP contribution >= 0.6 is 27.5 Å². The minimum atomic E-state index is -0.369. The Kier molecular flexibility index (Phi) is 4.80. The summed E-state index contributed by atoms with van der Waals surface area (Å²) >= 11 is 9.23. The smallest absolute Gasteiger partial charge is 0.137 e. The highest BCUT2D eigenvalue weighted by molar-refractivity contribution is 9.10. The molecule has 2 rings (SSSR count). The van der Waals surface area contributed by atoms with E-state index in [1.807, 2.05) is 18.2 Å². The molecule has 0 heterocycles. The molecule has 0 saturated heterocycles. The molecule has 2 aromatic rings. The first kappa shape index (κ1) is 14.3. The third-order valence-electron chi connectivity index (χ3n) is 2.64. The van der Waals surface area contributed by atoms with Gasteiger partial charge in [-0.1, -0.05) is 29.8 Å². The summed E-state index contributed by atoms with van der Waals surface area (Å²) in [5, 5.41) is 0.596. The minimum Gasteiger partial charge on any atom is -0.484 e. The van der Waals surface area contributed by atoms with Crippen LogP contribution < -0.4 is 10.5 Å². The summed E-state index contributed by atoms with van der Waals surface area (Å²) in [6, 6.07) is 11.8. The van der Waals surface area contributed by atoms with E-state index in [0.717, 1.165) is 5.56 Å². The maximum atomic E-state index is 13.2. The third kappa shape index (κ3) is 3.47. The number of hydrogen-bond donors (Lipinski definition) is 1. The number of rotatable bonds is 4. The molecule has 0 saturated carbocycles. The van der Waals surface area contributed by atoms with E-state index in [0.29, 0.717) is 15.2 Å². The van der Waals surface area contributed by atoms with Gasteiger partial charge in [0.25, 0.3) is 0 Å². The first-order valence-corrected chi connectivity index (χ1v) is 6.85. The first-order chi connectivity index (χ1) is 9.11. The SMILES string of the molecule is NCC(Oc1ccc(F)c(Br)c1)c1ccccc1Cl. The van der Waals surface area contributed by atoms with Gasteiger partial charge in [-0.25, -0.2) is 4.39 Å². The fraction of sp³-hybridized carbons (Fsp3) is 0.143. The summed E-state index contributed by atoms with van der Waals surface area (Å²) in [6.07, 6.45) is -0.369. The van der Waals surface area contributed by atoms with Crippen molar-refractivity contribution in [1.29, 1.82) is 0 Å². The predicted molar refractivity (Wildman–Crippen MR) is 78.0 cm³/mol. The largest absolute Gasteiger partial charge is 0.484 e. The molecule has 100 valence electrons. The van der Waals surface area contributed by atoms with Gasteiger partial charge in [0.1, 0.15) is 17.7 Å². The van der Waals surface area contributed by atoms with Crippen molar-refractivity contribution in [2.45, 2.75) is 6.10 Å². The molecule has 2 aromatic carbocycles. The van der Waals surface area contributed by atoms with Gasteiger partial charge in [0, 0.05) is 17.1 Å². The van der Waals surface area contributed by atoms with Crippen molar-refractivity contribution in [2.24, 2.45) is 5.73 Å². The fourth-order valence-electron chi connectivity index (χ4n) is 1.69. The van der Waals surface area contributed by atoms with Crippen molar-refractivity contribution in [1.82, 2.24) is 0 Å². The number of hydrogen-bond acceptors (Lipinski definition) is 2. The molecular weight excluding hydrogens is 333 g/mol. The second kappa shape index (κ2) is 6.37. The Hall–Kier alpha value is -1.10. The second-order valence-electron chi connectivity index (χ2n) is 3.94. The van der Waals surface area contributed by atoms with Crippen LogP contribution in [0.1, 0.15) is 11.7 Å². The summed E-state index contributed by atoms with van der Waals surface area (Å²) in [4.78, 5) is 0. The Morgan fingerprint density at radius 3 is 2.63 bits per heavy atom. The Morgan fingerprint density at radius 2 is 2.00 bits per heavy atom. The molecule has 2 N–H and O–H groups in total. The van der Waals surface area contributed by atoms with Gasteiger partial charge >= 0.3 is 0 Å². The van der Waals surface area contributed by atoms with Crippen molar-refractivity contribution in [3.8, 4) is 5.75 Å². The molecule has 0 amide bonds. The summed E-state index contributed by atoms with van der Waals surface area (Å²) in [5.74, 6) is 0.193. The standard InChI is InChI=1S/C14H12BrClFNO/c15-11-7-9(5-6-13(11)17)19-14(8-18)10-3-1-2-4-12(10)16/h1-7,14H,8,18H2. The summed E-state index contributed by atoms with van der Waals surface area (Å²) in [5.41, 5.74) is 6.53. The van der Waals surface area contributed by atoms with Crippen LogP contribution in [0, 0.1) is 5.82 Å². The molecule has 5 heteroatoms. The molecule has 0 aliphatic rings. The predicted octanol–water partition coefficient (Wildman–Crippen LogP) is 4.32. The van der Waals surface area contributed by atoms with Gasteiger partial charge < -0.3 is 10.5 Å². The normalized spacial score (nSPS) is 12.2. The number of nitrogens with two attached hydrogens (primary N) is 1. The van der Waals surface area contributed by atoms with E-state index < -0.39 is 0 Å². The monoisotopic (exact) mass is 343 g/mol. The zero-order valence-electron chi connectivity index (χ0n) is 9.95. The van der Waals surface area contributed by atoms with Crippen LogP contribution in [-0.2, 0) is 0 Å². The molecule has 0 bridgehead atoms. The lowest BCUT2D eigenvalue weighted by Crippen LogP contribution is -2.18. The highest BCUT2D eigenvalue weighted by Crippen LogP contribution is 2.29. The highest BCUT2D eigenvalue weighted by Gasteiger charge is 2.15. The molecule has 19 heavy (non-hydrogen) atoms. The average Bonchev–Trinajstić information content (AvgIpc) is 2.41. The molecular formula is C14H12BrClFNO. The van der Waals surface area contributed by atoms with Crippen LogP contribution in [0.4, 0.5) is 4.39 Å². The molecule has 0 aliphatic carbocycles. The topological polar surface area (TPSA) is 35.2 Å². The quantitative estimate of drug-likeness (QED) is 0.896. The molecule has 0 aliphatic heterocycles. The van der Waals surface area contributed by atoms with Gasteiger partial charge in [-0.05, 0) is 40.2 Å². The van der Waals surface area contributed by atoms with Crippen molar-refractivity contribution in [2.75, 3.05) is 6.54 Å². The molecule has 0 spiro atoms. The van der Waals surface area contributed by atoms with Crippen LogP contribution in [-0.4, -0.2) is 6.54 Å². The molecule has 1 atom stereocenters. The van der Waals surface area contributed by atoms with Gasteiger partial charge in [0.2, 0.25) is 0 Å². The van der Waals surface area contributed by atoms with E-state index in [-0.39, 0.29) is 18.5 Å². The Bertz CT molecular complexity index is 579. The Morgan fingerprint density at radius 1 is 1.26 bits per heavy atom.